The summed E-state index contributed by atoms with van der Waals surface area (Å²) in [6.45, 7) is 4.04. The Morgan fingerprint density at radius 3 is 2.59 bits per heavy atom. The molecule has 0 atom stereocenters. The molecule has 0 aromatic heterocycles. The lowest BCUT2D eigenvalue weighted by molar-refractivity contribution is 0.0601. The number of benzene rings is 2. The highest BCUT2D eigenvalue weighted by Crippen LogP contribution is 2.17. The first-order chi connectivity index (χ1) is 10.5. The average molecular weight is 314 g/mol. The number of carbonyl (C=O) groups is 1. The third kappa shape index (κ3) is 4.05. The first-order valence-corrected chi connectivity index (χ1v) is 7.24. The molecule has 0 aliphatic heterocycles. The van der Waals surface area contributed by atoms with Crippen molar-refractivity contribution in [3.8, 4) is 0 Å². The lowest BCUT2D eigenvalue weighted by atomic mass is 10.1. The van der Waals surface area contributed by atoms with Crippen LogP contribution in [-0.2, 0) is 4.74 Å². The van der Waals surface area contributed by atoms with E-state index in [0.29, 0.717) is 10.7 Å². The highest BCUT2D eigenvalue weighted by molar-refractivity contribution is 7.80. The van der Waals surface area contributed by atoms with Gasteiger partial charge in [-0.25, -0.2) is 4.79 Å². The Labute approximate surface area is 135 Å². The second-order valence-corrected chi connectivity index (χ2v) is 5.38. The molecule has 0 saturated heterocycles. The molecule has 0 spiro atoms. The number of hydrogen-bond acceptors (Lipinski definition) is 3. The number of nitrogens with one attached hydrogen (secondary N) is 2. The minimum absolute atomic E-state index is 0.378. The number of thiocarbonyl (C=S) groups is 1. The van der Waals surface area contributed by atoms with Gasteiger partial charge < -0.3 is 15.4 Å². The number of ether oxygens (including phenoxy) is 1. The van der Waals surface area contributed by atoms with Crippen molar-refractivity contribution in [1.29, 1.82) is 0 Å². The Morgan fingerprint density at radius 1 is 1.09 bits per heavy atom. The molecular formula is C17H18N2O2S. The van der Waals surface area contributed by atoms with Crippen molar-refractivity contribution in [3.63, 3.8) is 0 Å². The summed E-state index contributed by atoms with van der Waals surface area (Å²) < 4.78 is 4.71. The summed E-state index contributed by atoms with van der Waals surface area (Å²) in [5.74, 6) is -0.378. The van der Waals surface area contributed by atoms with Gasteiger partial charge in [-0.3, -0.25) is 0 Å². The molecule has 0 fully saturated rings. The van der Waals surface area contributed by atoms with Crippen molar-refractivity contribution in [2.45, 2.75) is 13.8 Å². The smallest absolute Gasteiger partial charge is 0.337 e. The van der Waals surface area contributed by atoms with Gasteiger partial charge in [-0.05, 0) is 61.5 Å². The van der Waals surface area contributed by atoms with Crippen molar-refractivity contribution in [2.24, 2.45) is 0 Å². The molecule has 0 aliphatic carbocycles. The second kappa shape index (κ2) is 7.04. The van der Waals surface area contributed by atoms with Crippen LogP contribution in [0.2, 0.25) is 0 Å². The summed E-state index contributed by atoms with van der Waals surface area (Å²) in [4.78, 5) is 11.5. The molecule has 0 aliphatic rings. The summed E-state index contributed by atoms with van der Waals surface area (Å²) in [6.07, 6.45) is 0. The molecule has 2 N–H and O–H groups in total. The van der Waals surface area contributed by atoms with Gasteiger partial charge in [0.15, 0.2) is 5.11 Å². The highest BCUT2D eigenvalue weighted by atomic mass is 32.1. The van der Waals surface area contributed by atoms with Gasteiger partial charge in [0.2, 0.25) is 0 Å². The van der Waals surface area contributed by atoms with E-state index in [1.807, 2.05) is 32.0 Å². The highest BCUT2D eigenvalue weighted by Gasteiger charge is 2.07. The van der Waals surface area contributed by atoms with Crippen LogP contribution in [-0.4, -0.2) is 18.2 Å². The zero-order valence-corrected chi connectivity index (χ0v) is 13.6. The first-order valence-electron chi connectivity index (χ1n) is 6.83. The van der Waals surface area contributed by atoms with Gasteiger partial charge in [-0.1, -0.05) is 18.2 Å². The fraction of sp³-hybridized carbons (Fsp3) is 0.176. The standard InChI is InChI=1S/C17H18N2O2S/c1-11-7-8-12(2)15(9-11)19-17(22)18-14-6-4-5-13(10-14)16(20)21-3/h4-10H,1-3H3,(H2,18,19,22). The molecule has 0 unspecified atom stereocenters. The van der Waals surface area contributed by atoms with Crippen molar-refractivity contribution >= 4 is 34.7 Å². The minimum Gasteiger partial charge on any atom is -0.465 e. The Hall–Kier alpha value is -2.40. The maximum absolute atomic E-state index is 11.5. The van der Waals surface area contributed by atoms with E-state index >= 15 is 0 Å². The minimum atomic E-state index is -0.378. The Bertz CT molecular complexity index is 714. The fourth-order valence-electron chi connectivity index (χ4n) is 2.00. The monoisotopic (exact) mass is 314 g/mol. The summed E-state index contributed by atoms with van der Waals surface area (Å²) >= 11 is 5.32. The van der Waals surface area contributed by atoms with Crippen LogP contribution in [0.15, 0.2) is 42.5 Å². The Morgan fingerprint density at radius 2 is 1.86 bits per heavy atom. The van der Waals surface area contributed by atoms with Crippen molar-refractivity contribution in [3.05, 3.63) is 59.2 Å². The predicted octanol–water partition coefficient (Wildman–Crippen LogP) is 3.90. The van der Waals surface area contributed by atoms with E-state index in [1.54, 1.807) is 18.2 Å². The quantitative estimate of drug-likeness (QED) is 0.665. The van der Waals surface area contributed by atoms with Gasteiger partial charge in [0.25, 0.3) is 0 Å². The zero-order chi connectivity index (χ0) is 16.1. The molecule has 0 amide bonds. The maximum atomic E-state index is 11.5. The number of methoxy groups -OCH3 is 1. The van der Waals surface area contributed by atoms with Crippen molar-refractivity contribution in [2.75, 3.05) is 17.7 Å². The van der Waals surface area contributed by atoms with Crippen LogP contribution >= 0.6 is 12.2 Å². The largest absolute Gasteiger partial charge is 0.465 e. The van der Waals surface area contributed by atoms with Crippen LogP contribution in [0.3, 0.4) is 0 Å². The van der Waals surface area contributed by atoms with E-state index in [-0.39, 0.29) is 5.97 Å². The van der Waals surface area contributed by atoms with E-state index in [4.69, 9.17) is 17.0 Å². The number of anilines is 2. The van der Waals surface area contributed by atoms with E-state index in [0.717, 1.165) is 22.5 Å². The van der Waals surface area contributed by atoms with Gasteiger partial charge in [0.1, 0.15) is 0 Å². The zero-order valence-electron chi connectivity index (χ0n) is 12.8. The van der Waals surface area contributed by atoms with Crippen LogP contribution in [0.25, 0.3) is 0 Å². The Balaban J connectivity index is 2.09. The number of hydrogen-bond donors (Lipinski definition) is 2. The van der Waals surface area contributed by atoms with Gasteiger partial charge in [0, 0.05) is 11.4 Å². The average Bonchev–Trinajstić information content (AvgIpc) is 2.50. The molecule has 0 heterocycles. The topological polar surface area (TPSA) is 50.4 Å². The molecular weight excluding hydrogens is 296 g/mol. The third-order valence-corrected chi connectivity index (χ3v) is 3.39. The molecule has 0 radical (unpaired) electrons. The van der Waals surface area contributed by atoms with Crippen molar-refractivity contribution in [1.82, 2.24) is 0 Å². The van der Waals surface area contributed by atoms with E-state index in [1.165, 1.54) is 7.11 Å². The normalized spacial score (nSPS) is 9.95. The van der Waals surface area contributed by atoms with Crippen LogP contribution in [0.5, 0.6) is 0 Å². The van der Waals surface area contributed by atoms with Crippen LogP contribution < -0.4 is 10.6 Å². The number of aryl methyl sites for hydroxylation is 2. The molecule has 2 aromatic rings. The molecule has 2 aromatic carbocycles. The molecule has 2 rings (SSSR count). The summed E-state index contributed by atoms with van der Waals surface area (Å²) in [5, 5.41) is 6.70. The van der Waals surface area contributed by atoms with E-state index in [2.05, 4.69) is 16.7 Å². The summed E-state index contributed by atoms with van der Waals surface area (Å²) in [7, 11) is 1.36. The lowest BCUT2D eigenvalue weighted by Crippen LogP contribution is -2.20. The number of esters is 1. The van der Waals surface area contributed by atoms with Crippen molar-refractivity contribution < 1.29 is 9.53 Å². The number of rotatable bonds is 3. The summed E-state index contributed by atoms with van der Waals surface area (Å²) in [5.41, 5.74) is 4.43. The van der Waals surface area contributed by atoms with Gasteiger partial charge in [-0.15, -0.1) is 0 Å². The van der Waals surface area contributed by atoms with Gasteiger partial charge in [0.05, 0.1) is 12.7 Å². The molecule has 4 nitrogen and oxygen atoms in total. The van der Waals surface area contributed by atoms with E-state index in [9.17, 15) is 4.79 Å². The van der Waals surface area contributed by atoms with E-state index < -0.39 is 0 Å². The summed E-state index contributed by atoms with van der Waals surface area (Å²) in [6, 6.07) is 13.1. The fourth-order valence-corrected chi connectivity index (χ4v) is 2.22. The van der Waals surface area contributed by atoms with Crippen LogP contribution in [0.1, 0.15) is 21.5 Å². The third-order valence-electron chi connectivity index (χ3n) is 3.18. The van der Waals surface area contributed by atoms with Crippen LogP contribution in [0, 0.1) is 13.8 Å². The predicted molar refractivity (Wildman–Crippen MR) is 93.5 cm³/mol. The SMILES string of the molecule is COC(=O)c1cccc(NC(=S)Nc2cc(C)ccc2C)c1. The van der Waals surface area contributed by atoms with Gasteiger partial charge in [-0.2, -0.15) is 0 Å². The molecule has 0 bridgehead atoms. The molecule has 0 saturated carbocycles. The number of carbonyl (C=O) groups excluding carboxylic acids is 1. The Kier molecular flexibility index (Phi) is 5.12. The maximum Gasteiger partial charge on any atom is 0.337 e. The first kappa shape index (κ1) is 16.0. The van der Waals surface area contributed by atoms with Crippen LogP contribution in [0.4, 0.5) is 11.4 Å². The molecule has 5 heteroatoms. The lowest BCUT2D eigenvalue weighted by Gasteiger charge is -2.13. The molecule has 22 heavy (non-hydrogen) atoms. The second-order valence-electron chi connectivity index (χ2n) is 4.97. The molecule has 114 valence electrons. The van der Waals surface area contributed by atoms with Gasteiger partial charge >= 0.3 is 5.97 Å².